The van der Waals surface area contributed by atoms with E-state index in [-0.39, 0.29) is 19.6 Å². The summed E-state index contributed by atoms with van der Waals surface area (Å²) in [5, 5.41) is 2.53. The molecular weight excluding hydrogens is 345 g/mol. The first-order valence-electron chi connectivity index (χ1n) is 8.08. The van der Waals surface area contributed by atoms with Crippen LogP contribution in [0.5, 0.6) is 5.75 Å². The third kappa shape index (κ3) is 10.1. The fourth-order valence-corrected chi connectivity index (χ4v) is 1.67. The molecular formula is C17H24FN3O5. The molecule has 0 spiro atoms. The van der Waals surface area contributed by atoms with E-state index in [9.17, 15) is 18.8 Å². The summed E-state index contributed by atoms with van der Waals surface area (Å²) in [7, 11) is 0. The van der Waals surface area contributed by atoms with Crippen molar-refractivity contribution in [3.63, 3.8) is 0 Å². The zero-order chi connectivity index (χ0) is 19.6. The van der Waals surface area contributed by atoms with Crippen LogP contribution in [0.15, 0.2) is 24.3 Å². The second-order valence-corrected chi connectivity index (χ2v) is 6.37. The van der Waals surface area contributed by atoms with Gasteiger partial charge in [0.1, 0.15) is 17.2 Å². The van der Waals surface area contributed by atoms with Gasteiger partial charge >= 0.3 is 6.09 Å². The van der Waals surface area contributed by atoms with Crippen LogP contribution in [-0.4, -0.2) is 36.7 Å². The number of carbonyl (C=O) groups excluding carboxylic acids is 3. The van der Waals surface area contributed by atoms with E-state index in [1.165, 1.54) is 24.3 Å². The van der Waals surface area contributed by atoms with Crippen LogP contribution in [-0.2, 0) is 14.3 Å². The number of hydrazine groups is 1. The lowest BCUT2D eigenvalue weighted by molar-refractivity contribution is -0.130. The molecule has 0 atom stereocenters. The molecule has 0 bridgehead atoms. The number of nitrogens with one attached hydrogen (secondary N) is 3. The Hall–Kier alpha value is -2.84. The first kappa shape index (κ1) is 21.2. The lowest BCUT2D eigenvalue weighted by Gasteiger charge is -2.19. The number of hydrogen-bond acceptors (Lipinski definition) is 5. The zero-order valence-corrected chi connectivity index (χ0v) is 15.1. The summed E-state index contributed by atoms with van der Waals surface area (Å²) in [5.74, 6) is -1.04. The normalized spacial score (nSPS) is 10.6. The quantitative estimate of drug-likeness (QED) is 0.501. The fourth-order valence-electron chi connectivity index (χ4n) is 1.67. The maximum atomic E-state index is 12.7. The van der Waals surface area contributed by atoms with Gasteiger partial charge in [0, 0.05) is 13.0 Å². The zero-order valence-electron chi connectivity index (χ0n) is 15.1. The van der Waals surface area contributed by atoms with E-state index >= 15 is 0 Å². The van der Waals surface area contributed by atoms with Crippen molar-refractivity contribution in [3.8, 4) is 5.75 Å². The van der Waals surface area contributed by atoms with Crippen LogP contribution < -0.4 is 20.9 Å². The first-order chi connectivity index (χ1) is 12.2. The van der Waals surface area contributed by atoms with Gasteiger partial charge in [-0.05, 0) is 51.5 Å². The van der Waals surface area contributed by atoms with Crippen LogP contribution in [0, 0.1) is 5.82 Å². The van der Waals surface area contributed by atoms with E-state index in [2.05, 4.69) is 16.2 Å². The fraction of sp³-hybridized carbons (Fsp3) is 0.471. The van der Waals surface area contributed by atoms with Crippen molar-refractivity contribution in [1.29, 1.82) is 0 Å². The molecule has 0 saturated heterocycles. The molecule has 0 heterocycles. The molecule has 0 radical (unpaired) electrons. The highest BCUT2D eigenvalue weighted by molar-refractivity contribution is 5.82. The minimum absolute atomic E-state index is 0.106. The van der Waals surface area contributed by atoms with Gasteiger partial charge in [-0.3, -0.25) is 20.4 Å². The minimum atomic E-state index is -0.582. The Labute approximate surface area is 151 Å². The third-order valence-electron chi connectivity index (χ3n) is 2.77. The highest BCUT2D eigenvalue weighted by Crippen LogP contribution is 2.10. The predicted octanol–water partition coefficient (Wildman–Crippen LogP) is 1.66. The Balaban J connectivity index is 2.11. The number of carbonyl (C=O) groups is 3. The monoisotopic (exact) mass is 369 g/mol. The van der Waals surface area contributed by atoms with Gasteiger partial charge in [-0.2, -0.15) is 0 Å². The molecule has 3 N–H and O–H groups in total. The van der Waals surface area contributed by atoms with Crippen molar-refractivity contribution >= 4 is 17.9 Å². The molecule has 1 aromatic rings. The highest BCUT2D eigenvalue weighted by Gasteiger charge is 2.15. The van der Waals surface area contributed by atoms with E-state index in [1.54, 1.807) is 20.8 Å². The number of alkyl carbamates (subject to hydrolysis) is 1. The van der Waals surface area contributed by atoms with Gasteiger partial charge in [0.25, 0.3) is 5.91 Å². The van der Waals surface area contributed by atoms with E-state index in [1.807, 2.05) is 0 Å². The van der Waals surface area contributed by atoms with Crippen molar-refractivity contribution in [1.82, 2.24) is 16.2 Å². The van der Waals surface area contributed by atoms with Gasteiger partial charge in [0.05, 0.1) is 0 Å². The van der Waals surface area contributed by atoms with E-state index in [4.69, 9.17) is 9.47 Å². The summed E-state index contributed by atoms with van der Waals surface area (Å²) >= 11 is 0. The van der Waals surface area contributed by atoms with Crippen LogP contribution in [0.25, 0.3) is 0 Å². The standard InChI is InChI=1S/C17H24FN3O5/c1-17(2,3)26-16(24)19-10-4-5-14(22)20-21-15(23)11-25-13-8-6-12(18)7-9-13/h6-9H,4-5,10-11H2,1-3H3,(H,19,24)(H,20,22)(H,21,23). The number of hydrogen-bond donors (Lipinski definition) is 3. The second-order valence-electron chi connectivity index (χ2n) is 6.37. The van der Waals surface area contributed by atoms with Crippen LogP contribution in [0.1, 0.15) is 33.6 Å². The molecule has 0 saturated carbocycles. The molecule has 1 rings (SSSR count). The number of benzene rings is 1. The van der Waals surface area contributed by atoms with Gasteiger partial charge in [-0.15, -0.1) is 0 Å². The molecule has 1 aromatic carbocycles. The summed E-state index contributed by atoms with van der Waals surface area (Å²) in [6.45, 7) is 5.20. The lowest BCUT2D eigenvalue weighted by atomic mass is 10.2. The number of rotatable bonds is 7. The van der Waals surface area contributed by atoms with Gasteiger partial charge < -0.3 is 14.8 Å². The van der Waals surface area contributed by atoms with Crippen LogP contribution in [0.2, 0.25) is 0 Å². The summed E-state index contributed by atoms with van der Waals surface area (Å²) in [6.07, 6.45) is -0.0637. The van der Waals surface area contributed by atoms with Crippen molar-refractivity contribution < 1.29 is 28.2 Å². The predicted molar refractivity (Wildman–Crippen MR) is 91.7 cm³/mol. The van der Waals surface area contributed by atoms with Gasteiger partial charge in [-0.25, -0.2) is 9.18 Å². The largest absolute Gasteiger partial charge is 0.484 e. The Morgan fingerprint density at radius 1 is 1.04 bits per heavy atom. The van der Waals surface area contributed by atoms with Gasteiger partial charge in [0.2, 0.25) is 5.91 Å². The second kappa shape index (κ2) is 10.2. The van der Waals surface area contributed by atoms with E-state index in [0.29, 0.717) is 12.2 Å². The van der Waals surface area contributed by atoms with Crippen LogP contribution in [0.4, 0.5) is 9.18 Å². The lowest BCUT2D eigenvalue weighted by Crippen LogP contribution is -2.44. The summed E-state index contributed by atoms with van der Waals surface area (Å²) in [5.41, 5.74) is 3.85. The molecule has 0 fully saturated rings. The van der Waals surface area contributed by atoms with Gasteiger partial charge in [0.15, 0.2) is 6.61 Å². The number of ether oxygens (including phenoxy) is 2. The van der Waals surface area contributed by atoms with Crippen molar-refractivity contribution in [3.05, 3.63) is 30.1 Å². The molecule has 0 aliphatic heterocycles. The highest BCUT2D eigenvalue weighted by atomic mass is 19.1. The Bertz CT molecular complexity index is 614. The van der Waals surface area contributed by atoms with Crippen molar-refractivity contribution in [2.75, 3.05) is 13.2 Å². The van der Waals surface area contributed by atoms with Gasteiger partial charge in [-0.1, -0.05) is 0 Å². The summed E-state index contributed by atoms with van der Waals surface area (Å²) in [6, 6.07) is 5.19. The summed E-state index contributed by atoms with van der Waals surface area (Å²) < 4.78 is 22.9. The van der Waals surface area contributed by atoms with E-state index in [0.717, 1.165) is 0 Å². The topological polar surface area (TPSA) is 106 Å². The number of halogens is 1. The molecule has 26 heavy (non-hydrogen) atoms. The Morgan fingerprint density at radius 3 is 2.27 bits per heavy atom. The molecule has 0 aliphatic rings. The van der Waals surface area contributed by atoms with Crippen molar-refractivity contribution in [2.45, 2.75) is 39.2 Å². The molecule has 3 amide bonds. The van der Waals surface area contributed by atoms with Crippen molar-refractivity contribution in [2.24, 2.45) is 0 Å². The molecule has 0 unspecified atom stereocenters. The van der Waals surface area contributed by atoms with Crippen LogP contribution in [0.3, 0.4) is 0 Å². The Morgan fingerprint density at radius 2 is 1.65 bits per heavy atom. The third-order valence-corrected chi connectivity index (χ3v) is 2.77. The number of amides is 3. The average Bonchev–Trinajstić information content (AvgIpc) is 2.55. The molecule has 0 aromatic heterocycles. The summed E-state index contributed by atoms with van der Waals surface area (Å²) in [4.78, 5) is 34.5. The SMILES string of the molecule is CC(C)(C)OC(=O)NCCCC(=O)NNC(=O)COc1ccc(F)cc1. The molecule has 0 aliphatic carbocycles. The maximum Gasteiger partial charge on any atom is 0.407 e. The molecule has 9 heteroatoms. The first-order valence-corrected chi connectivity index (χ1v) is 8.08. The van der Waals surface area contributed by atoms with Crippen LogP contribution >= 0.6 is 0 Å². The Kier molecular flexibility index (Phi) is 8.33. The maximum absolute atomic E-state index is 12.7. The van der Waals surface area contributed by atoms with E-state index < -0.39 is 29.3 Å². The smallest absolute Gasteiger partial charge is 0.407 e. The minimum Gasteiger partial charge on any atom is -0.484 e. The molecule has 144 valence electrons. The average molecular weight is 369 g/mol. The molecule has 8 nitrogen and oxygen atoms in total.